The molecule has 4 aliphatic rings. The van der Waals surface area contributed by atoms with Gasteiger partial charge in [0.05, 0.1) is 6.10 Å². The lowest BCUT2D eigenvalue weighted by atomic mass is 9.47. The summed E-state index contributed by atoms with van der Waals surface area (Å²) in [6, 6.07) is 0. The lowest BCUT2D eigenvalue weighted by molar-refractivity contribution is -0.143. The van der Waals surface area contributed by atoms with Crippen molar-refractivity contribution in [2.24, 2.45) is 40.4 Å². The maximum absolute atomic E-state index is 12.4. The minimum atomic E-state index is -0.956. The second-order valence-corrected chi connectivity index (χ2v) is 12.0. The van der Waals surface area contributed by atoms with Crippen LogP contribution in [-0.4, -0.2) is 46.7 Å². The van der Waals surface area contributed by atoms with Crippen molar-refractivity contribution in [1.29, 1.82) is 0 Å². The molecule has 0 bridgehead atoms. The number of carbonyl (C=O) groups is 2. The van der Waals surface area contributed by atoms with Gasteiger partial charge >= 0.3 is 5.97 Å². The van der Waals surface area contributed by atoms with Gasteiger partial charge in [-0.3, -0.25) is 9.59 Å². The first kappa shape index (κ1) is 23.8. The van der Waals surface area contributed by atoms with Crippen molar-refractivity contribution in [2.45, 2.75) is 91.1 Å². The SMILES string of the molecule is CC(CCC(=O)N(C)CC(=O)O)[C@H]1CC[C@H]2[C@@H]3CC=C4C[C@@H](O)CC[C@]4(C)[C@H]3CC[C@]12C. The second kappa shape index (κ2) is 8.77. The van der Waals surface area contributed by atoms with Crippen molar-refractivity contribution in [1.82, 2.24) is 4.90 Å². The van der Waals surface area contributed by atoms with E-state index >= 15 is 0 Å². The molecule has 0 aliphatic heterocycles. The summed E-state index contributed by atoms with van der Waals surface area (Å²) in [7, 11) is 1.59. The quantitative estimate of drug-likeness (QED) is 0.571. The van der Waals surface area contributed by atoms with Gasteiger partial charge in [-0.1, -0.05) is 32.4 Å². The predicted octanol–water partition coefficient (Wildman–Crippen LogP) is 4.89. The molecule has 180 valence electrons. The first-order chi connectivity index (χ1) is 15.1. The molecule has 1 amide bonds. The van der Waals surface area contributed by atoms with Crippen LogP contribution in [0.15, 0.2) is 11.6 Å². The van der Waals surface area contributed by atoms with Gasteiger partial charge in [0.25, 0.3) is 0 Å². The standard InChI is InChI=1S/C27H43NO4/c1-17(5-10-24(30)28(4)16-25(31)32)21-8-9-22-20-7-6-18-15-19(29)11-13-26(18,2)23(20)12-14-27(21,22)3/h6,17,19-23,29H,5,7-16H2,1-4H3,(H,31,32)/t17?,19-,20-,21+,22-,23-,26-,27+/m0/s1. The summed E-state index contributed by atoms with van der Waals surface area (Å²) < 4.78 is 0. The summed E-state index contributed by atoms with van der Waals surface area (Å²) in [6.45, 7) is 7.12. The van der Waals surface area contributed by atoms with Crippen LogP contribution in [0.4, 0.5) is 0 Å². The number of hydrogen-bond donors (Lipinski definition) is 2. The van der Waals surface area contributed by atoms with Crippen molar-refractivity contribution in [3.05, 3.63) is 11.6 Å². The van der Waals surface area contributed by atoms with Gasteiger partial charge in [-0.15, -0.1) is 0 Å². The van der Waals surface area contributed by atoms with E-state index in [4.69, 9.17) is 5.11 Å². The summed E-state index contributed by atoms with van der Waals surface area (Å²) in [6.07, 6.45) is 12.9. The van der Waals surface area contributed by atoms with Crippen LogP contribution in [0.1, 0.15) is 85.0 Å². The van der Waals surface area contributed by atoms with Crippen molar-refractivity contribution >= 4 is 11.9 Å². The summed E-state index contributed by atoms with van der Waals surface area (Å²) in [5.74, 6) is 2.41. The average molecular weight is 446 g/mol. The predicted molar refractivity (Wildman–Crippen MR) is 125 cm³/mol. The summed E-state index contributed by atoms with van der Waals surface area (Å²) in [5.41, 5.74) is 2.17. The molecule has 1 unspecified atom stereocenters. The van der Waals surface area contributed by atoms with E-state index in [1.54, 1.807) is 7.05 Å². The van der Waals surface area contributed by atoms with Gasteiger partial charge in [0.2, 0.25) is 5.91 Å². The van der Waals surface area contributed by atoms with Gasteiger partial charge in [0.15, 0.2) is 0 Å². The highest BCUT2D eigenvalue weighted by atomic mass is 16.4. The molecule has 4 rings (SSSR count). The third kappa shape index (κ3) is 4.03. The largest absolute Gasteiger partial charge is 0.480 e. The van der Waals surface area contributed by atoms with Gasteiger partial charge in [-0.2, -0.15) is 0 Å². The number of nitrogens with zero attached hydrogens (tertiary/aromatic N) is 1. The van der Waals surface area contributed by atoms with Gasteiger partial charge in [0, 0.05) is 13.5 Å². The number of carbonyl (C=O) groups excluding carboxylic acids is 1. The molecule has 5 nitrogen and oxygen atoms in total. The fourth-order valence-electron chi connectivity index (χ4n) is 8.65. The topological polar surface area (TPSA) is 77.8 Å². The van der Waals surface area contributed by atoms with Gasteiger partial charge in [-0.05, 0) is 98.2 Å². The van der Waals surface area contributed by atoms with Gasteiger partial charge in [-0.25, -0.2) is 0 Å². The number of aliphatic carboxylic acids is 1. The molecule has 2 N–H and O–H groups in total. The van der Waals surface area contributed by atoms with E-state index in [0.29, 0.717) is 23.7 Å². The molecular formula is C27H43NO4. The van der Waals surface area contributed by atoms with Crippen LogP contribution in [0.25, 0.3) is 0 Å². The number of aliphatic hydroxyl groups excluding tert-OH is 1. The molecule has 0 aromatic heterocycles. The normalized spacial score (nSPS) is 41.7. The summed E-state index contributed by atoms with van der Waals surface area (Å²) in [5, 5.41) is 19.1. The smallest absolute Gasteiger partial charge is 0.323 e. The van der Waals surface area contributed by atoms with Crippen molar-refractivity contribution in [2.75, 3.05) is 13.6 Å². The lowest BCUT2D eigenvalue weighted by Crippen LogP contribution is -2.50. The van der Waals surface area contributed by atoms with Crippen molar-refractivity contribution in [3.63, 3.8) is 0 Å². The van der Waals surface area contributed by atoms with E-state index in [-0.39, 0.29) is 24.0 Å². The zero-order valence-corrected chi connectivity index (χ0v) is 20.5. The third-order valence-corrected chi connectivity index (χ3v) is 10.4. The number of hydrogen-bond acceptors (Lipinski definition) is 3. The molecule has 0 spiro atoms. The number of likely N-dealkylation sites (N-methyl/N-ethyl adjacent to an activating group) is 1. The van der Waals surface area contributed by atoms with E-state index in [9.17, 15) is 14.7 Å². The molecule has 0 aromatic rings. The number of carboxylic acids is 1. The maximum atomic E-state index is 12.4. The average Bonchev–Trinajstić information content (AvgIpc) is 3.09. The summed E-state index contributed by atoms with van der Waals surface area (Å²) >= 11 is 0. The minimum Gasteiger partial charge on any atom is -0.480 e. The molecule has 0 aromatic carbocycles. The third-order valence-electron chi connectivity index (χ3n) is 10.4. The Hall–Kier alpha value is -1.36. The first-order valence-corrected chi connectivity index (χ1v) is 12.9. The summed E-state index contributed by atoms with van der Waals surface area (Å²) in [4.78, 5) is 24.6. The Morgan fingerprint density at radius 3 is 2.62 bits per heavy atom. The van der Waals surface area contributed by atoms with E-state index in [2.05, 4.69) is 26.8 Å². The number of amides is 1. The van der Waals surface area contributed by atoms with E-state index in [1.165, 1.54) is 42.6 Å². The molecule has 0 saturated heterocycles. The van der Waals surface area contributed by atoms with Crippen LogP contribution in [-0.2, 0) is 9.59 Å². The highest BCUT2D eigenvalue weighted by Crippen LogP contribution is 2.67. The van der Waals surface area contributed by atoms with E-state index in [0.717, 1.165) is 43.4 Å². The number of aliphatic hydroxyl groups is 1. The molecular weight excluding hydrogens is 402 g/mol. The van der Waals surface area contributed by atoms with Gasteiger partial charge in [0.1, 0.15) is 6.54 Å². The van der Waals surface area contributed by atoms with Crippen LogP contribution >= 0.6 is 0 Å². The number of rotatable bonds is 6. The molecule has 0 heterocycles. The molecule has 3 saturated carbocycles. The minimum absolute atomic E-state index is 0.0555. The molecule has 32 heavy (non-hydrogen) atoms. The first-order valence-electron chi connectivity index (χ1n) is 12.9. The zero-order valence-electron chi connectivity index (χ0n) is 20.5. The Balaban J connectivity index is 1.43. The van der Waals surface area contributed by atoms with Crippen LogP contribution in [0.5, 0.6) is 0 Å². The van der Waals surface area contributed by atoms with E-state index in [1.807, 2.05) is 0 Å². The van der Waals surface area contributed by atoms with Crippen molar-refractivity contribution < 1.29 is 19.8 Å². The van der Waals surface area contributed by atoms with Crippen molar-refractivity contribution in [3.8, 4) is 0 Å². The number of carboxylic acid groups (broad SMARTS) is 1. The van der Waals surface area contributed by atoms with Crippen LogP contribution < -0.4 is 0 Å². The Labute approximate surface area is 193 Å². The fourth-order valence-corrected chi connectivity index (χ4v) is 8.65. The van der Waals surface area contributed by atoms with Crippen LogP contribution in [0.3, 0.4) is 0 Å². The fraction of sp³-hybridized carbons (Fsp3) is 0.852. The monoisotopic (exact) mass is 445 g/mol. The highest BCUT2D eigenvalue weighted by molar-refractivity contribution is 5.80. The Bertz CT molecular complexity index is 778. The van der Waals surface area contributed by atoms with Crippen LogP contribution in [0, 0.1) is 40.4 Å². The van der Waals surface area contributed by atoms with Gasteiger partial charge < -0.3 is 15.1 Å². The highest BCUT2D eigenvalue weighted by Gasteiger charge is 2.59. The lowest BCUT2D eigenvalue weighted by Gasteiger charge is -2.58. The molecule has 5 heteroatoms. The number of allylic oxidation sites excluding steroid dienone is 1. The van der Waals surface area contributed by atoms with Crippen LogP contribution in [0.2, 0.25) is 0 Å². The number of fused-ring (bicyclic) bond motifs is 5. The Morgan fingerprint density at radius 2 is 1.91 bits per heavy atom. The van der Waals surface area contributed by atoms with E-state index < -0.39 is 5.97 Å². The molecule has 8 atom stereocenters. The maximum Gasteiger partial charge on any atom is 0.323 e. The molecule has 4 aliphatic carbocycles. The Kier molecular flexibility index (Phi) is 6.52. The molecule has 3 fully saturated rings. The molecule has 0 radical (unpaired) electrons. The Morgan fingerprint density at radius 1 is 1.16 bits per heavy atom. The second-order valence-electron chi connectivity index (χ2n) is 12.0. The zero-order chi connectivity index (χ0) is 23.3.